The van der Waals surface area contributed by atoms with Gasteiger partial charge in [-0.1, -0.05) is 0 Å². The van der Waals surface area contributed by atoms with E-state index in [1.54, 1.807) is 13.4 Å². The van der Waals surface area contributed by atoms with Crippen molar-refractivity contribution >= 4 is 5.91 Å². The van der Waals surface area contributed by atoms with Crippen LogP contribution in [0.15, 0.2) is 10.7 Å². The monoisotopic (exact) mass is 280 g/mol. The summed E-state index contributed by atoms with van der Waals surface area (Å²) < 4.78 is 10.5. The fourth-order valence-electron chi connectivity index (χ4n) is 2.58. The van der Waals surface area contributed by atoms with Crippen LogP contribution in [0, 0.1) is 13.8 Å². The summed E-state index contributed by atoms with van der Waals surface area (Å²) in [5, 5.41) is 0. The van der Waals surface area contributed by atoms with E-state index in [0.29, 0.717) is 11.8 Å². The first-order valence-corrected chi connectivity index (χ1v) is 7.11. The van der Waals surface area contributed by atoms with E-state index >= 15 is 0 Å². The minimum Gasteiger partial charge on any atom is -0.459 e. The molecule has 1 atom stereocenters. The topological polar surface area (TPSA) is 45.9 Å². The van der Waals surface area contributed by atoms with Gasteiger partial charge >= 0.3 is 0 Å². The molecule has 2 rings (SSSR count). The number of carbonyl (C=O) groups excluding carboxylic acids is 1. The summed E-state index contributed by atoms with van der Waals surface area (Å²) >= 11 is 0. The first-order chi connectivity index (χ1) is 9.54. The van der Waals surface area contributed by atoms with Gasteiger partial charge in [-0.05, 0) is 26.3 Å². The van der Waals surface area contributed by atoms with Gasteiger partial charge < -0.3 is 14.1 Å². The summed E-state index contributed by atoms with van der Waals surface area (Å²) in [5.74, 6) is 0.494. The van der Waals surface area contributed by atoms with E-state index in [4.69, 9.17) is 9.15 Å². The zero-order valence-electron chi connectivity index (χ0n) is 12.8. The van der Waals surface area contributed by atoms with Gasteiger partial charge in [-0.3, -0.25) is 9.69 Å². The Balaban J connectivity index is 1.98. The maximum absolute atomic E-state index is 12.5. The number of methoxy groups -OCH3 is 1. The molecule has 1 amide bonds. The maximum atomic E-state index is 12.5. The second-order valence-electron chi connectivity index (χ2n) is 5.50. The summed E-state index contributed by atoms with van der Waals surface area (Å²) in [6.07, 6.45) is 1.65. The van der Waals surface area contributed by atoms with Crippen molar-refractivity contribution in [3.05, 3.63) is 23.2 Å². The van der Waals surface area contributed by atoms with E-state index < -0.39 is 0 Å². The van der Waals surface area contributed by atoms with Crippen LogP contribution in [-0.4, -0.2) is 61.6 Å². The molecule has 1 aromatic heterocycles. The molecule has 1 unspecified atom stereocenters. The molecule has 5 heteroatoms. The highest BCUT2D eigenvalue weighted by atomic mass is 16.5. The number of piperazine rings is 1. The molecule has 1 saturated heterocycles. The van der Waals surface area contributed by atoms with Gasteiger partial charge in [0, 0.05) is 44.9 Å². The molecule has 0 N–H and O–H groups in total. The van der Waals surface area contributed by atoms with Crippen LogP contribution in [0.2, 0.25) is 0 Å². The number of carbonyl (C=O) groups is 1. The van der Waals surface area contributed by atoms with Gasteiger partial charge in [0.05, 0.1) is 12.9 Å². The summed E-state index contributed by atoms with van der Waals surface area (Å²) in [5.41, 5.74) is 1.98. The Morgan fingerprint density at radius 2 is 2.20 bits per heavy atom. The third kappa shape index (κ3) is 3.04. The van der Waals surface area contributed by atoms with Crippen LogP contribution in [0.3, 0.4) is 0 Å². The normalized spacial score (nSPS) is 20.4. The first kappa shape index (κ1) is 15.1. The number of hydrogen-bond donors (Lipinski definition) is 0. The molecule has 1 fully saturated rings. The Morgan fingerprint density at radius 1 is 1.45 bits per heavy atom. The number of amides is 1. The number of rotatable bonds is 4. The van der Waals surface area contributed by atoms with Crippen molar-refractivity contribution in [2.45, 2.75) is 26.8 Å². The van der Waals surface area contributed by atoms with Crippen LogP contribution >= 0.6 is 0 Å². The van der Waals surface area contributed by atoms with Gasteiger partial charge in [-0.2, -0.15) is 0 Å². The quantitative estimate of drug-likeness (QED) is 0.842. The van der Waals surface area contributed by atoms with Crippen LogP contribution < -0.4 is 0 Å². The van der Waals surface area contributed by atoms with Crippen molar-refractivity contribution in [2.75, 3.05) is 39.9 Å². The van der Waals surface area contributed by atoms with Gasteiger partial charge in [0.25, 0.3) is 5.91 Å². The third-order valence-electron chi connectivity index (χ3n) is 4.11. The van der Waals surface area contributed by atoms with Crippen LogP contribution in [0.5, 0.6) is 0 Å². The molecular formula is C15H24N2O3. The van der Waals surface area contributed by atoms with Crippen LogP contribution in [0.1, 0.15) is 28.6 Å². The van der Waals surface area contributed by atoms with Crippen molar-refractivity contribution in [3.63, 3.8) is 0 Å². The van der Waals surface area contributed by atoms with E-state index in [2.05, 4.69) is 11.8 Å². The zero-order chi connectivity index (χ0) is 14.7. The largest absolute Gasteiger partial charge is 0.459 e. The molecule has 112 valence electrons. The lowest BCUT2D eigenvalue weighted by Crippen LogP contribution is -2.54. The van der Waals surface area contributed by atoms with E-state index in [9.17, 15) is 4.79 Å². The van der Waals surface area contributed by atoms with E-state index in [1.165, 1.54) is 0 Å². The smallest absolute Gasteiger partial charge is 0.289 e. The lowest BCUT2D eigenvalue weighted by molar-refractivity contribution is 0.0411. The standard InChI is InChI=1S/C15H24N2O3/c1-11-10-20-14(13(11)3)15(18)17-6-5-16(7-8-19-4)12(2)9-17/h10,12H,5-9H2,1-4H3. The van der Waals surface area contributed by atoms with Crippen molar-refractivity contribution in [2.24, 2.45) is 0 Å². The Morgan fingerprint density at radius 3 is 2.75 bits per heavy atom. The fourth-order valence-corrected chi connectivity index (χ4v) is 2.58. The molecule has 20 heavy (non-hydrogen) atoms. The average Bonchev–Trinajstić information content (AvgIpc) is 2.77. The number of aryl methyl sites for hydroxylation is 1. The predicted octanol–water partition coefficient (Wildman–Crippen LogP) is 1.69. The number of hydrogen-bond acceptors (Lipinski definition) is 4. The van der Waals surface area contributed by atoms with Crippen LogP contribution in [0.4, 0.5) is 0 Å². The molecule has 0 saturated carbocycles. The number of furan rings is 1. The van der Waals surface area contributed by atoms with Gasteiger partial charge in [0.1, 0.15) is 0 Å². The molecule has 1 aliphatic rings. The van der Waals surface area contributed by atoms with Crippen molar-refractivity contribution < 1.29 is 13.9 Å². The van der Waals surface area contributed by atoms with E-state index in [-0.39, 0.29) is 5.91 Å². The molecule has 0 bridgehead atoms. The lowest BCUT2D eigenvalue weighted by atomic mass is 10.1. The summed E-state index contributed by atoms with van der Waals surface area (Å²) in [4.78, 5) is 16.7. The third-order valence-corrected chi connectivity index (χ3v) is 4.11. The molecule has 0 aromatic carbocycles. The SMILES string of the molecule is COCCN1CCN(C(=O)c2occ(C)c2C)CC1C. The molecule has 0 radical (unpaired) electrons. The second kappa shape index (κ2) is 6.41. The lowest BCUT2D eigenvalue weighted by Gasteiger charge is -2.39. The maximum Gasteiger partial charge on any atom is 0.289 e. The molecule has 1 aromatic rings. The molecule has 1 aliphatic heterocycles. The Hall–Kier alpha value is -1.33. The molecule has 0 spiro atoms. The van der Waals surface area contributed by atoms with E-state index in [1.807, 2.05) is 18.7 Å². The van der Waals surface area contributed by atoms with Crippen LogP contribution in [-0.2, 0) is 4.74 Å². The van der Waals surface area contributed by atoms with E-state index in [0.717, 1.165) is 43.9 Å². The fraction of sp³-hybridized carbons (Fsp3) is 0.667. The Kier molecular flexibility index (Phi) is 4.83. The van der Waals surface area contributed by atoms with Crippen molar-refractivity contribution in [1.29, 1.82) is 0 Å². The highest BCUT2D eigenvalue weighted by Crippen LogP contribution is 2.19. The molecule has 0 aliphatic carbocycles. The first-order valence-electron chi connectivity index (χ1n) is 7.11. The average molecular weight is 280 g/mol. The van der Waals surface area contributed by atoms with Crippen LogP contribution in [0.25, 0.3) is 0 Å². The van der Waals surface area contributed by atoms with Gasteiger partial charge in [0.15, 0.2) is 5.76 Å². The van der Waals surface area contributed by atoms with Gasteiger partial charge in [-0.25, -0.2) is 0 Å². The molecule has 2 heterocycles. The Bertz CT molecular complexity index is 470. The molecule has 5 nitrogen and oxygen atoms in total. The van der Waals surface area contributed by atoms with Gasteiger partial charge in [0.2, 0.25) is 0 Å². The Labute approximate surface area is 120 Å². The van der Waals surface area contributed by atoms with Crippen molar-refractivity contribution in [3.8, 4) is 0 Å². The second-order valence-corrected chi connectivity index (χ2v) is 5.50. The minimum absolute atomic E-state index is 0.00819. The highest BCUT2D eigenvalue weighted by molar-refractivity contribution is 5.93. The molecular weight excluding hydrogens is 256 g/mol. The summed E-state index contributed by atoms with van der Waals surface area (Å²) in [7, 11) is 1.71. The minimum atomic E-state index is 0.00819. The van der Waals surface area contributed by atoms with Gasteiger partial charge in [-0.15, -0.1) is 0 Å². The summed E-state index contributed by atoms with van der Waals surface area (Å²) in [6, 6.07) is 0.346. The number of nitrogens with zero attached hydrogens (tertiary/aromatic N) is 2. The predicted molar refractivity (Wildman–Crippen MR) is 77.0 cm³/mol. The zero-order valence-corrected chi connectivity index (χ0v) is 12.8. The summed E-state index contributed by atoms with van der Waals surface area (Å²) in [6.45, 7) is 10.1. The number of ether oxygens (including phenoxy) is 1. The van der Waals surface area contributed by atoms with Crippen molar-refractivity contribution in [1.82, 2.24) is 9.80 Å². The highest BCUT2D eigenvalue weighted by Gasteiger charge is 2.29.